The number of carbonyl (C=O) groups excluding carboxylic acids is 1. The van der Waals surface area contributed by atoms with E-state index in [0.717, 1.165) is 33.1 Å². The van der Waals surface area contributed by atoms with Crippen LogP contribution in [0.25, 0.3) is 27.3 Å². The van der Waals surface area contributed by atoms with Gasteiger partial charge in [-0.15, -0.1) is 0 Å². The lowest BCUT2D eigenvalue weighted by Crippen LogP contribution is -2.24. The summed E-state index contributed by atoms with van der Waals surface area (Å²) in [4.78, 5) is 18.0. The number of fused-ring (bicyclic) bond motifs is 5. The highest BCUT2D eigenvalue weighted by atomic mass is 32.2. The number of nitriles is 1. The summed E-state index contributed by atoms with van der Waals surface area (Å²) < 4.78 is 29.1. The summed E-state index contributed by atoms with van der Waals surface area (Å²) >= 11 is 0. The topological polar surface area (TPSA) is 116 Å². The normalized spacial score (nSPS) is 11.7. The van der Waals surface area contributed by atoms with Crippen molar-refractivity contribution in [2.45, 2.75) is 18.2 Å². The lowest BCUT2D eigenvalue weighted by molar-refractivity contribution is 0.102. The Morgan fingerprint density at radius 3 is 2.43 bits per heavy atom. The van der Waals surface area contributed by atoms with E-state index in [4.69, 9.17) is 10.2 Å². The van der Waals surface area contributed by atoms with Crippen LogP contribution in [0.1, 0.15) is 22.6 Å². The molecule has 0 atom stereocenters. The monoisotopic (exact) mass is 483 g/mol. The molecule has 0 fully saturated rings. The van der Waals surface area contributed by atoms with Crippen molar-refractivity contribution >= 4 is 48.9 Å². The molecule has 35 heavy (non-hydrogen) atoms. The zero-order valence-electron chi connectivity index (χ0n) is 18.8. The van der Waals surface area contributed by atoms with Gasteiger partial charge in [0.2, 0.25) is 10.0 Å². The third-order valence-electron chi connectivity index (χ3n) is 5.83. The highest BCUT2D eigenvalue weighted by molar-refractivity contribution is 7.89. The highest BCUT2D eigenvalue weighted by Crippen LogP contribution is 2.36. The van der Waals surface area contributed by atoms with E-state index in [-0.39, 0.29) is 23.8 Å². The first-order valence-electron chi connectivity index (χ1n) is 11.0. The van der Waals surface area contributed by atoms with E-state index in [1.807, 2.05) is 65.9 Å². The van der Waals surface area contributed by atoms with Crippen molar-refractivity contribution < 1.29 is 13.2 Å². The zero-order chi connectivity index (χ0) is 24.6. The fourth-order valence-corrected chi connectivity index (χ4v) is 5.28. The van der Waals surface area contributed by atoms with Gasteiger partial charge in [0.05, 0.1) is 33.2 Å². The molecule has 0 spiro atoms. The van der Waals surface area contributed by atoms with Crippen LogP contribution in [-0.4, -0.2) is 30.3 Å². The Hall–Kier alpha value is -4.26. The number of aryl methyl sites for hydroxylation is 1. The second-order valence-corrected chi connectivity index (χ2v) is 9.80. The van der Waals surface area contributed by atoms with Crippen LogP contribution in [0.4, 0.5) is 5.69 Å². The molecule has 0 radical (unpaired) electrons. The SMILES string of the molecule is Cc1nc2ccccc2c2c(NC(=O)c3ccc(S(=O)(=O)NCCC#N)cc3)c3ccccc3n12. The molecule has 0 unspecified atom stereocenters. The van der Waals surface area contributed by atoms with E-state index in [0.29, 0.717) is 11.3 Å². The fourth-order valence-electron chi connectivity index (χ4n) is 4.25. The number of hydrogen-bond donors (Lipinski definition) is 2. The maximum Gasteiger partial charge on any atom is 0.255 e. The molecule has 0 bridgehead atoms. The summed E-state index contributed by atoms with van der Waals surface area (Å²) in [6, 6.07) is 23.2. The van der Waals surface area contributed by atoms with Crippen molar-refractivity contribution in [3.63, 3.8) is 0 Å². The lowest BCUT2D eigenvalue weighted by Gasteiger charge is -2.10. The predicted molar refractivity (Wildman–Crippen MR) is 135 cm³/mol. The molecule has 0 aliphatic rings. The first kappa shape index (κ1) is 22.5. The number of aromatic nitrogens is 2. The molecular weight excluding hydrogens is 462 g/mol. The third-order valence-corrected chi connectivity index (χ3v) is 7.31. The van der Waals surface area contributed by atoms with Gasteiger partial charge in [0.15, 0.2) is 0 Å². The summed E-state index contributed by atoms with van der Waals surface area (Å²) in [7, 11) is -3.75. The molecule has 0 aliphatic carbocycles. The number of amides is 1. The maximum atomic E-state index is 13.3. The van der Waals surface area contributed by atoms with Crippen molar-refractivity contribution in [1.82, 2.24) is 14.1 Å². The van der Waals surface area contributed by atoms with Gasteiger partial charge in [-0.05, 0) is 43.3 Å². The summed E-state index contributed by atoms with van der Waals surface area (Å²) in [5, 5.41) is 13.5. The Labute approximate surface area is 201 Å². The summed E-state index contributed by atoms with van der Waals surface area (Å²) in [6.45, 7) is 1.96. The van der Waals surface area contributed by atoms with Gasteiger partial charge in [-0.1, -0.05) is 36.4 Å². The smallest absolute Gasteiger partial charge is 0.255 e. The van der Waals surface area contributed by atoms with Crippen molar-refractivity contribution in [2.24, 2.45) is 0 Å². The van der Waals surface area contributed by atoms with Gasteiger partial charge in [0.25, 0.3) is 5.91 Å². The van der Waals surface area contributed by atoms with Crippen LogP contribution in [0.3, 0.4) is 0 Å². The molecule has 5 aromatic rings. The first-order chi connectivity index (χ1) is 16.9. The van der Waals surface area contributed by atoms with Crippen LogP contribution in [0, 0.1) is 18.3 Å². The zero-order valence-corrected chi connectivity index (χ0v) is 19.6. The third kappa shape index (κ3) is 3.99. The van der Waals surface area contributed by atoms with Gasteiger partial charge >= 0.3 is 0 Å². The molecule has 0 saturated carbocycles. The van der Waals surface area contributed by atoms with Crippen molar-refractivity contribution in [3.8, 4) is 6.07 Å². The summed E-state index contributed by atoms with van der Waals surface area (Å²) in [5.74, 6) is 0.442. The van der Waals surface area contributed by atoms with Crippen molar-refractivity contribution in [1.29, 1.82) is 5.26 Å². The molecular formula is C26H21N5O3S. The van der Waals surface area contributed by atoms with Gasteiger partial charge < -0.3 is 5.32 Å². The molecule has 0 aliphatic heterocycles. The lowest BCUT2D eigenvalue weighted by atomic mass is 10.1. The summed E-state index contributed by atoms with van der Waals surface area (Å²) in [6.07, 6.45) is 0.0724. The maximum absolute atomic E-state index is 13.3. The molecule has 5 rings (SSSR count). The Morgan fingerprint density at radius 2 is 1.69 bits per heavy atom. The number of nitrogens with zero attached hydrogens (tertiary/aromatic N) is 3. The number of para-hydroxylation sites is 2. The highest BCUT2D eigenvalue weighted by Gasteiger charge is 2.20. The van der Waals surface area contributed by atoms with Gasteiger partial charge in [-0.25, -0.2) is 18.1 Å². The van der Waals surface area contributed by atoms with Crippen LogP contribution in [0.5, 0.6) is 0 Å². The molecule has 174 valence electrons. The minimum atomic E-state index is -3.75. The molecule has 3 aromatic carbocycles. The Balaban J connectivity index is 1.56. The van der Waals surface area contributed by atoms with Crippen LogP contribution in [-0.2, 0) is 10.0 Å². The number of rotatable bonds is 6. The van der Waals surface area contributed by atoms with E-state index in [1.54, 1.807) is 0 Å². The molecule has 0 saturated heterocycles. The van der Waals surface area contributed by atoms with Crippen LogP contribution in [0.15, 0.2) is 77.7 Å². The second kappa shape index (κ2) is 8.83. The number of benzene rings is 3. The first-order valence-corrected chi connectivity index (χ1v) is 12.5. The van der Waals surface area contributed by atoms with Gasteiger partial charge in [-0.2, -0.15) is 5.26 Å². The quantitative estimate of drug-likeness (QED) is 0.347. The van der Waals surface area contributed by atoms with E-state index in [9.17, 15) is 13.2 Å². The second-order valence-electron chi connectivity index (χ2n) is 8.04. The number of hydrogen-bond acceptors (Lipinski definition) is 5. The standard InChI is InChI=1S/C26H21N5O3S/c1-17-29-22-9-4-2-7-20(22)25-24(21-8-3-5-10-23(21)31(17)25)30-26(32)18-11-13-19(14-12-18)35(33,34)28-16-6-15-27/h2-5,7-14,28H,6,16H2,1H3,(H,30,32). The van der Waals surface area contributed by atoms with Crippen LogP contribution in [0.2, 0.25) is 0 Å². The van der Waals surface area contributed by atoms with Gasteiger partial charge in [0, 0.05) is 29.3 Å². The van der Waals surface area contributed by atoms with E-state index >= 15 is 0 Å². The molecule has 2 aromatic heterocycles. The molecule has 8 nitrogen and oxygen atoms in total. The number of anilines is 1. The molecule has 2 N–H and O–H groups in total. The molecule has 9 heteroatoms. The van der Waals surface area contributed by atoms with Gasteiger partial charge in [0.1, 0.15) is 5.82 Å². The Bertz CT molecular complexity index is 1750. The van der Waals surface area contributed by atoms with E-state index < -0.39 is 10.0 Å². The molecule has 2 heterocycles. The molecule has 1 amide bonds. The number of sulfonamides is 1. The Kier molecular flexibility index (Phi) is 5.68. The predicted octanol–water partition coefficient (Wildman–Crippen LogP) is 4.39. The van der Waals surface area contributed by atoms with E-state index in [1.165, 1.54) is 24.3 Å². The van der Waals surface area contributed by atoms with Gasteiger partial charge in [-0.3, -0.25) is 9.20 Å². The number of carbonyl (C=O) groups is 1. The number of nitrogens with one attached hydrogen (secondary N) is 2. The van der Waals surface area contributed by atoms with E-state index in [2.05, 4.69) is 10.0 Å². The van der Waals surface area contributed by atoms with Crippen LogP contribution >= 0.6 is 0 Å². The van der Waals surface area contributed by atoms with Crippen LogP contribution < -0.4 is 10.0 Å². The average molecular weight is 484 g/mol. The average Bonchev–Trinajstić information content (AvgIpc) is 3.19. The summed E-state index contributed by atoms with van der Waals surface area (Å²) in [5.41, 5.74) is 3.60. The van der Waals surface area contributed by atoms with Crippen molar-refractivity contribution in [3.05, 3.63) is 84.2 Å². The Morgan fingerprint density at radius 1 is 1.00 bits per heavy atom. The largest absolute Gasteiger partial charge is 0.320 e. The minimum Gasteiger partial charge on any atom is -0.320 e. The van der Waals surface area contributed by atoms with Crippen molar-refractivity contribution in [2.75, 3.05) is 11.9 Å². The fraction of sp³-hybridized carbons (Fsp3) is 0.115. The minimum absolute atomic E-state index is 0.0259.